The molecular formula is C8H11F3N2O2. The molecule has 0 aromatic carbocycles. The molecule has 0 radical (unpaired) electrons. The van der Waals surface area contributed by atoms with Crippen molar-refractivity contribution in [2.45, 2.75) is 25.6 Å². The van der Waals surface area contributed by atoms with Crippen molar-refractivity contribution in [1.29, 1.82) is 0 Å². The van der Waals surface area contributed by atoms with Crippen LogP contribution in [0.4, 0.5) is 13.2 Å². The first-order valence-electron chi connectivity index (χ1n) is 4.41. The van der Waals surface area contributed by atoms with Crippen LogP contribution in [0.25, 0.3) is 0 Å². The number of likely N-dealkylation sites (tertiary alicyclic amines) is 1. The van der Waals surface area contributed by atoms with Gasteiger partial charge in [0.2, 0.25) is 11.8 Å². The summed E-state index contributed by atoms with van der Waals surface area (Å²) in [5.41, 5.74) is 4.94. The van der Waals surface area contributed by atoms with Crippen molar-refractivity contribution in [3.8, 4) is 0 Å². The highest BCUT2D eigenvalue weighted by atomic mass is 19.4. The zero-order chi connectivity index (χ0) is 11.8. The maximum atomic E-state index is 12.4. The maximum Gasteiger partial charge on any atom is 0.410 e. The normalized spacial score (nSPS) is 24.9. The first-order chi connectivity index (χ1) is 6.79. The van der Waals surface area contributed by atoms with Gasteiger partial charge < -0.3 is 5.73 Å². The first kappa shape index (κ1) is 12.0. The number of carbonyl (C=O) groups is 2. The molecule has 1 fully saturated rings. The lowest BCUT2D eigenvalue weighted by molar-refractivity contribution is -0.188. The SMILES string of the molecule is CC1CC(=O)N(C(CN)C(F)(F)F)C1=O. The van der Waals surface area contributed by atoms with Gasteiger partial charge in [0, 0.05) is 18.9 Å². The molecule has 0 aromatic rings. The van der Waals surface area contributed by atoms with Crippen LogP contribution in [-0.4, -0.2) is 35.5 Å². The average Bonchev–Trinajstić information content (AvgIpc) is 2.30. The number of hydrogen-bond donors (Lipinski definition) is 1. The van der Waals surface area contributed by atoms with E-state index in [0.717, 1.165) is 0 Å². The average molecular weight is 224 g/mol. The summed E-state index contributed by atoms with van der Waals surface area (Å²) in [7, 11) is 0. The van der Waals surface area contributed by atoms with E-state index in [9.17, 15) is 22.8 Å². The quantitative estimate of drug-likeness (QED) is 0.685. The van der Waals surface area contributed by atoms with E-state index in [0.29, 0.717) is 0 Å². The van der Waals surface area contributed by atoms with Crippen LogP contribution in [0.15, 0.2) is 0 Å². The van der Waals surface area contributed by atoms with Gasteiger partial charge in [-0.25, -0.2) is 0 Å². The second-order valence-corrected chi connectivity index (χ2v) is 3.50. The fourth-order valence-corrected chi connectivity index (χ4v) is 1.52. The Balaban J connectivity index is 2.95. The van der Waals surface area contributed by atoms with Gasteiger partial charge >= 0.3 is 6.18 Å². The Morgan fingerprint density at radius 3 is 2.33 bits per heavy atom. The zero-order valence-corrected chi connectivity index (χ0v) is 8.04. The van der Waals surface area contributed by atoms with Gasteiger partial charge in [-0.1, -0.05) is 6.92 Å². The molecule has 0 spiro atoms. The summed E-state index contributed by atoms with van der Waals surface area (Å²) in [5.74, 6) is -2.29. The largest absolute Gasteiger partial charge is 0.410 e. The van der Waals surface area contributed by atoms with Gasteiger partial charge in [-0.15, -0.1) is 0 Å². The summed E-state index contributed by atoms with van der Waals surface area (Å²) in [6.45, 7) is 0.623. The molecule has 1 rings (SSSR count). The van der Waals surface area contributed by atoms with Crippen LogP contribution in [0.1, 0.15) is 13.3 Å². The van der Waals surface area contributed by atoms with Crippen LogP contribution in [0, 0.1) is 5.92 Å². The van der Waals surface area contributed by atoms with Crippen molar-refractivity contribution in [2.24, 2.45) is 11.7 Å². The van der Waals surface area contributed by atoms with Crippen LogP contribution in [0.2, 0.25) is 0 Å². The molecule has 1 saturated heterocycles. The van der Waals surface area contributed by atoms with E-state index in [4.69, 9.17) is 5.73 Å². The van der Waals surface area contributed by atoms with Crippen LogP contribution in [-0.2, 0) is 9.59 Å². The Labute approximate surface area is 84.2 Å². The van der Waals surface area contributed by atoms with E-state index in [-0.39, 0.29) is 11.3 Å². The van der Waals surface area contributed by atoms with Crippen molar-refractivity contribution < 1.29 is 22.8 Å². The second-order valence-electron chi connectivity index (χ2n) is 3.50. The number of hydrogen-bond acceptors (Lipinski definition) is 3. The minimum atomic E-state index is -4.66. The first-order valence-corrected chi connectivity index (χ1v) is 4.41. The number of carbonyl (C=O) groups excluding carboxylic acids is 2. The van der Waals surface area contributed by atoms with Crippen LogP contribution < -0.4 is 5.73 Å². The molecule has 7 heteroatoms. The van der Waals surface area contributed by atoms with Crippen molar-refractivity contribution in [3.63, 3.8) is 0 Å². The lowest BCUT2D eigenvalue weighted by atomic mass is 10.1. The van der Waals surface area contributed by atoms with E-state index in [1.54, 1.807) is 0 Å². The molecule has 0 aromatic heterocycles. The highest BCUT2D eigenvalue weighted by Crippen LogP contribution is 2.30. The molecule has 1 aliphatic rings. The predicted molar refractivity (Wildman–Crippen MR) is 44.5 cm³/mol. The third-order valence-electron chi connectivity index (χ3n) is 2.32. The predicted octanol–water partition coefficient (Wildman–Crippen LogP) is 0.271. The number of alkyl halides is 3. The number of halogens is 3. The minimum absolute atomic E-state index is 0.175. The Bertz CT molecular complexity index is 290. The van der Waals surface area contributed by atoms with E-state index < -0.39 is 36.5 Å². The molecule has 4 nitrogen and oxygen atoms in total. The third kappa shape index (κ3) is 2.11. The highest BCUT2D eigenvalue weighted by Gasteiger charge is 2.50. The number of nitrogens with two attached hydrogens (primary N) is 1. The van der Waals surface area contributed by atoms with Gasteiger partial charge in [-0.3, -0.25) is 14.5 Å². The van der Waals surface area contributed by atoms with E-state index >= 15 is 0 Å². The third-order valence-corrected chi connectivity index (χ3v) is 2.32. The van der Waals surface area contributed by atoms with Crippen molar-refractivity contribution >= 4 is 11.8 Å². The summed E-state index contributed by atoms with van der Waals surface area (Å²) in [4.78, 5) is 22.7. The number of rotatable bonds is 2. The molecule has 2 N–H and O–H groups in total. The molecular weight excluding hydrogens is 213 g/mol. The van der Waals surface area contributed by atoms with Crippen molar-refractivity contribution in [2.75, 3.05) is 6.54 Å². The lowest BCUT2D eigenvalue weighted by Gasteiger charge is -2.27. The molecule has 1 heterocycles. The van der Waals surface area contributed by atoms with Gasteiger partial charge in [0.25, 0.3) is 0 Å². The topological polar surface area (TPSA) is 63.4 Å². The molecule has 15 heavy (non-hydrogen) atoms. The maximum absolute atomic E-state index is 12.4. The van der Waals surface area contributed by atoms with Gasteiger partial charge in [-0.2, -0.15) is 13.2 Å². The molecule has 2 atom stereocenters. The summed E-state index contributed by atoms with van der Waals surface area (Å²) < 4.78 is 37.3. The van der Waals surface area contributed by atoms with Crippen LogP contribution in [0.3, 0.4) is 0 Å². The number of imide groups is 1. The molecule has 0 aliphatic carbocycles. The minimum Gasteiger partial charge on any atom is -0.328 e. The van der Waals surface area contributed by atoms with Gasteiger partial charge in [0.05, 0.1) is 0 Å². The van der Waals surface area contributed by atoms with E-state index in [2.05, 4.69) is 0 Å². The molecule has 2 amide bonds. The van der Waals surface area contributed by atoms with Crippen molar-refractivity contribution in [3.05, 3.63) is 0 Å². The second kappa shape index (κ2) is 3.80. The fourth-order valence-electron chi connectivity index (χ4n) is 1.52. The number of amides is 2. The van der Waals surface area contributed by atoms with Crippen molar-refractivity contribution in [1.82, 2.24) is 4.90 Å². The van der Waals surface area contributed by atoms with Crippen LogP contribution >= 0.6 is 0 Å². The Morgan fingerprint density at radius 1 is 1.53 bits per heavy atom. The molecule has 86 valence electrons. The molecule has 2 unspecified atom stereocenters. The monoisotopic (exact) mass is 224 g/mol. The number of nitrogens with zero attached hydrogens (tertiary/aromatic N) is 1. The summed E-state index contributed by atoms with van der Waals surface area (Å²) in [6, 6.07) is -2.19. The van der Waals surface area contributed by atoms with E-state index in [1.165, 1.54) is 6.92 Å². The standard InChI is InChI=1S/C8H11F3N2O2/c1-4-2-6(14)13(7(4)15)5(3-12)8(9,10)11/h4-5H,2-3,12H2,1H3. The summed E-state index contributed by atoms with van der Waals surface area (Å²) >= 11 is 0. The van der Waals surface area contributed by atoms with Gasteiger partial charge in [0.1, 0.15) is 6.04 Å². The smallest absolute Gasteiger partial charge is 0.328 e. The Morgan fingerprint density at radius 2 is 2.07 bits per heavy atom. The van der Waals surface area contributed by atoms with E-state index in [1.807, 2.05) is 0 Å². The summed E-state index contributed by atoms with van der Waals surface area (Å²) in [6.07, 6.45) is -4.84. The fraction of sp³-hybridized carbons (Fsp3) is 0.750. The summed E-state index contributed by atoms with van der Waals surface area (Å²) in [5, 5.41) is 0. The van der Waals surface area contributed by atoms with Crippen LogP contribution in [0.5, 0.6) is 0 Å². The van der Waals surface area contributed by atoms with Gasteiger partial charge in [-0.05, 0) is 0 Å². The zero-order valence-electron chi connectivity index (χ0n) is 8.04. The van der Waals surface area contributed by atoms with Gasteiger partial charge in [0.15, 0.2) is 0 Å². The molecule has 0 saturated carbocycles. The lowest BCUT2D eigenvalue weighted by Crippen LogP contribution is -2.52. The highest BCUT2D eigenvalue weighted by molar-refractivity contribution is 6.03. The Kier molecular flexibility index (Phi) is 3.03. The Hall–Kier alpha value is -1.11. The molecule has 0 bridgehead atoms. The molecule has 1 aliphatic heterocycles.